The topological polar surface area (TPSA) is 106 Å². The van der Waals surface area contributed by atoms with E-state index >= 15 is 0 Å². The largest absolute Gasteiger partial charge is 0.323 e. The molecule has 0 atom stereocenters. The Kier molecular flexibility index (Phi) is 4.81. The van der Waals surface area contributed by atoms with Crippen LogP contribution in [0.25, 0.3) is 0 Å². The Bertz CT molecular complexity index is 639. The van der Waals surface area contributed by atoms with Crippen molar-refractivity contribution in [2.75, 3.05) is 10.7 Å². The Balaban J connectivity index is 2.12. The van der Waals surface area contributed by atoms with Crippen molar-refractivity contribution < 1.29 is 4.79 Å². The highest BCUT2D eigenvalue weighted by molar-refractivity contribution is 7.15. The molecular weight excluding hydrogens is 288 g/mol. The van der Waals surface area contributed by atoms with Gasteiger partial charge >= 0.3 is 0 Å². The molecule has 0 fully saturated rings. The molecule has 7 nitrogen and oxygen atoms in total. The van der Waals surface area contributed by atoms with E-state index in [4.69, 9.17) is 5.84 Å². The molecule has 8 heteroatoms. The van der Waals surface area contributed by atoms with E-state index in [0.717, 1.165) is 17.1 Å². The van der Waals surface area contributed by atoms with Gasteiger partial charge in [-0.25, -0.2) is 0 Å². The average Bonchev–Trinajstić information content (AvgIpc) is 2.84. The smallest absolute Gasteiger partial charge is 0.261 e. The van der Waals surface area contributed by atoms with Gasteiger partial charge in [0.05, 0.1) is 11.3 Å². The monoisotopic (exact) mass is 306 g/mol. The predicted octanol–water partition coefficient (Wildman–Crippen LogP) is 1.98. The van der Waals surface area contributed by atoms with Crippen LogP contribution < -0.4 is 16.6 Å². The number of pyridine rings is 1. The van der Waals surface area contributed by atoms with Crippen LogP contribution in [0.2, 0.25) is 0 Å². The Morgan fingerprint density at radius 1 is 1.43 bits per heavy atom. The minimum atomic E-state index is -0.317. The average molecular weight is 306 g/mol. The zero-order valence-electron chi connectivity index (χ0n) is 12.2. The minimum Gasteiger partial charge on any atom is -0.323 e. The first-order valence-electron chi connectivity index (χ1n) is 6.56. The van der Waals surface area contributed by atoms with Gasteiger partial charge in [-0.2, -0.15) is 0 Å². The number of hydrazine groups is 1. The highest BCUT2D eigenvalue weighted by Gasteiger charge is 2.15. The second-order valence-corrected chi connectivity index (χ2v) is 6.13. The molecule has 0 bridgehead atoms. The number of amides is 1. The number of nitrogen functional groups attached to an aromatic ring is 1. The molecule has 2 heterocycles. The van der Waals surface area contributed by atoms with Gasteiger partial charge in [0.15, 0.2) is 0 Å². The third kappa shape index (κ3) is 3.96. The molecule has 0 aromatic carbocycles. The Labute approximate surface area is 127 Å². The standard InChI is InChI=1S/C13H18N6OS/c1-7(2)4-11-18-19-13(21-11)16-12(20)9-6-15-8(3)5-10(9)17-14/h5-7H,4,14H2,1-3H3,(H,15,17)(H,16,19,20). The van der Waals surface area contributed by atoms with Gasteiger partial charge in [-0.3, -0.25) is 20.9 Å². The molecule has 112 valence electrons. The molecule has 0 spiro atoms. The Hall–Kier alpha value is -2.06. The summed E-state index contributed by atoms with van der Waals surface area (Å²) in [4.78, 5) is 16.3. The van der Waals surface area contributed by atoms with Crippen LogP contribution in [0.5, 0.6) is 0 Å². The third-order valence-corrected chi connectivity index (χ3v) is 3.57. The number of rotatable bonds is 5. The number of nitrogens with one attached hydrogen (secondary N) is 2. The van der Waals surface area contributed by atoms with Crippen LogP contribution in [0.15, 0.2) is 12.3 Å². The van der Waals surface area contributed by atoms with Gasteiger partial charge < -0.3 is 5.43 Å². The fraction of sp³-hybridized carbons (Fsp3) is 0.385. The SMILES string of the molecule is Cc1cc(NN)c(C(=O)Nc2nnc(CC(C)C)s2)cn1. The fourth-order valence-corrected chi connectivity index (χ4v) is 2.71. The van der Waals surface area contributed by atoms with Crippen molar-refractivity contribution in [3.05, 3.63) is 28.5 Å². The number of aromatic nitrogens is 3. The summed E-state index contributed by atoms with van der Waals surface area (Å²) in [7, 11) is 0. The summed E-state index contributed by atoms with van der Waals surface area (Å²) >= 11 is 1.37. The number of carbonyl (C=O) groups is 1. The second-order valence-electron chi connectivity index (χ2n) is 5.07. The van der Waals surface area contributed by atoms with Crippen LogP contribution in [0.3, 0.4) is 0 Å². The van der Waals surface area contributed by atoms with Gasteiger partial charge in [-0.1, -0.05) is 25.2 Å². The van der Waals surface area contributed by atoms with Crippen molar-refractivity contribution in [3.8, 4) is 0 Å². The van der Waals surface area contributed by atoms with Gasteiger partial charge in [-0.05, 0) is 18.9 Å². The van der Waals surface area contributed by atoms with Gasteiger partial charge in [0.25, 0.3) is 5.91 Å². The molecule has 2 aromatic heterocycles. The van der Waals surface area contributed by atoms with Crippen LogP contribution in [-0.2, 0) is 6.42 Å². The Morgan fingerprint density at radius 3 is 2.86 bits per heavy atom. The van der Waals surface area contributed by atoms with Crippen LogP contribution in [0, 0.1) is 12.8 Å². The molecule has 0 aliphatic carbocycles. The van der Waals surface area contributed by atoms with E-state index in [-0.39, 0.29) is 5.91 Å². The van der Waals surface area contributed by atoms with Gasteiger partial charge in [0, 0.05) is 18.3 Å². The molecule has 0 saturated carbocycles. The molecule has 21 heavy (non-hydrogen) atoms. The van der Waals surface area contributed by atoms with Crippen molar-refractivity contribution >= 4 is 28.1 Å². The molecule has 0 radical (unpaired) electrons. The lowest BCUT2D eigenvalue weighted by Crippen LogP contribution is -2.17. The summed E-state index contributed by atoms with van der Waals surface area (Å²) in [5.74, 6) is 5.61. The number of nitrogens with zero attached hydrogens (tertiary/aromatic N) is 3. The summed E-state index contributed by atoms with van der Waals surface area (Å²) in [6.45, 7) is 6.04. The number of hydrogen-bond donors (Lipinski definition) is 3. The van der Waals surface area contributed by atoms with Crippen LogP contribution in [0.4, 0.5) is 10.8 Å². The molecule has 0 aliphatic rings. The lowest BCUT2D eigenvalue weighted by molar-refractivity contribution is 0.102. The lowest BCUT2D eigenvalue weighted by atomic mass is 10.1. The van der Waals surface area contributed by atoms with Gasteiger partial charge in [-0.15, -0.1) is 10.2 Å². The first kappa shape index (κ1) is 15.3. The minimum absolute atomic E-state index is 0.317. The van der Waals surface area contributed by atoms with E-state index in [1.807, 2.05) is 6.92 Å². The van der Waals surface area contributed by atoms with Crippen molar-refractivity contribution in [1.82, 2.24) is 15.2 Å². The normalized spacial score (nSPS) is 10.7. The van der Waals surface area contributed by atoms with Crippen molar-refractivity contribution in [2.45, 2.75) is 27.2 Å². The summed E-state index contributed by atoms with van der Waals surface area (Å²) < 4.78 is 0. The second kappa shape index (κ2) is 6.59. The van der Waals surface area contributed by atoms with E-state index in [2.05, 4.69) is 39.8 Å². The maximum Gasteiger partial charge on any atom is 0.261 e. The number of hydrogen-bond acceptors (Lipinski definition) is 7. The summed E-state index contributed by atoms with van der Waals surface area (Å²) in [6, 6.07) is 1.71. The van der Waals surface area contributed by atoms with Crippen LogP contribution in [0.1, 0.15) is 34.9 Å². The van der Waals surface area contributed by atoms with Crippen molar-refractivity contribution in [1.29, 1.82) is 0 Å². The summed E-state index contributed by atoms with van der Waals surface area (Å²) in [6.07, 6.45) is 2.32. The fourth-order valence-electron chi connectivity index (χ4n) is 1.76. The number of aryl methyl sites for hydroxylation is 1. The van der Waals surface area contributed by atoms with E-state index in [1.165, 1.54) is 17.5 Å². The highest BCUT2D eigenvalue weighted by Crippen LogP contribution is 2.21. The lowest BCUT2D eigenvalue weighted by Gasteiger charge is -2.08. The Morgan fingerprint density at radius 2 is 2.19 bits per heavy atom. The zero-order valence-corrected chi connectivity index (χ0v) is 13.0. The number of anilines is 2. The first-order valence-corrected chi connectivity index (χ1v) is 7.38. The van der Waals surface area contributed by atoms with Crippen molar-refractivity contribution in [2.24, 2.45) is 11.8 Å². The molecule has 0 aliphatic heterocycles. The quantitative estimate of drug-likeness (QED) is 0.576. The number of nitrogens with two attached hydrogens (primary N) is 1. The highest BCUT2D eigenvalue weighted by atomic mass is 32.1. The maximum absolute atomic E-state index is 12.2. The molecule has 4 N–H and O–H groups in total. The molecule has 2 aromatic rings. The van der Waals surface area contributed by atoms with Crippen LogP contribution >= 0.6 is 11.3 Å². The van der Waals surface area contributed by atoms with E-state index < -0.39 is 0 Å². The van der Waals surface area contributed by atoms with Gasteiger partial charge in [0.1, 0.15) is 5.01 Å². The summed E-state index contributed by atoms with van der Waals surface area (Å²) in [5.41, 5.74) is 4.16. The molecule has 0 unspecified atom stereocenters. The molecule has 0 saturated heterocycles. The third-order valence-electron chi connectivity index (χ3n) is 2.71. The van der Waals surface area contributed by atoms with Crippen LogP contribution in [-0.4, -0.2) is 21.1 Å². The maximum atomic E-state index is 12.2. The van der Waals surface area contributed by atoms with E-state index in [0.29, 0.717) is 22.3 Å². The zero-order chi connectivity index (χ0) is 15.4. The van der Waals surface area contributed by atoms with E-state index in [1.54, 1.807) is 6.07 Å². The molecular formula is C13H18N6OS. The molecule has 2 rings (SSSR count). The first-order chi connectivity index (χ1) is 9.99. The van der Waals surface area contributed by atoms with E-state index in [9.17, 15) is 4.79 Å². The predicted molar refractivity (Wildman–Crippen MR) is 83.2 cm³/mol. The van der Waals surface area contributed by atoms with Crippen molar-refractivity contribution in [3.63, 3.8) is 0 Å². The molecule has 1 amide bonds. The summed E-state index contributed by atoms with van der Waals surface area (Å²) in [5, 5.41) is 12.1. The number of carbonyl (C=O) groups excluding carboxylic acids is 1. The van der Waals surface area contributed by atoms with Gasteiger partial charge in [0.2, 0.25) is 5.13 Å².